The summed E-state index contributed by atoms with van der Waals surface area (Å²) in [6.45, 7) is 0. The number of rotatable bonds is 3. The number of benzene rings is 1. The minimum atomic E-state index is -0.818. The maximum Gasteiger partial charge on any atom is 0.126 e. The third kappa shape index (κ3) is 3.05. The minimum Gasteiger partial charge on any atom is -0.389 e. The Morgan fingerprint density at radius 1 is 1.47 bits per heavy atom. The van der Waals surface area contributed by atoms with Crippen LogP contribution < -0.4 is 0 Å². The first-order chi connectivity index (χ1) is 8.13. The molecular formula is C14H19FO2. The molecule has 0 saturated heterocycles. The van der Waals surface area contributed by atoms with Gasteiger partial charge in [-0.25, -0.2) is 4.39 Å². The fourth-order valence-electron chi connectivity index (χ4n) is 2.64. The normalized spacial score (nSPS) is 29.2. The van der Waals surface area contributed by atoms with Gasteiger partial charge in [0.1, 0.15) is 5.82 Å². The van der Waals surface area contributed by atoms with Crippen LogP contribution in [0.2, 0.25) is 0 Å². The van der Waals surface area contributed by atoms with E-state index in [1.54, 1.807) is 25.3 Å². The summed E-state index contributed by atoms with van der Waals surface area (Å²) in [6, 6.07) is 6.65. The second-order valence-electron chi connectivity index (χ2n) is 4.95. The number of aliphatic hydroxyl groups is 1. The first kappa shape index (κ1) is 12.5. The van der Waals surface area contributed by atoms with Crippen LogP contribution >= 0.6 is 0 Å². The molecule has 1 aliphatic rings. The fourth-order valence-corrected chi connectivity index (χ4v) is 2.64. The highest BCUT2D eigenvalue weighted by molar-refractivity contribution is 5.19. The van der Waals surface area contributed by atoms with Crippen molar-refractivity contribution in [2.75, 3.05) is 7.11 Å². The molecule has 0 radical (unpaired) electrons. The second kappa shape index (κ2) is 5.15. The lowest BCUT2D eigenvalue weighted by Gasteiger charge is -2.36. The van der Waals surface area contributed by atoms with Crippen LogP contribution in [0.1, 0.15) is 31.2 Å². The molecule has 0 bridgehead atoms. The average Bonchev–Trinajstić information content (AvgIpc) is 2.32. The maximum atomic E-state index is 13.6. The van der Waals surface area contributed by atoms with Gasteiger partial charge in [-0.1, -0.05) is 18.2 Å². The third-order valence-electron chi connectivity index (χ3n) is 3.59. The van der Waals surface area contributed by atoms with Crippen molar-refractivity contribution in [1.29, 1.82) is 0 Å². The van der Waals surface area contributed by atoms with Crippen molar-refractivity contribution in [2.45, 2.75) is 43.8 Å². The van der Waals surface area contributed by atoms with Crippen LogP contribution in [0.4, 0.5) is 4.39 Å². The number of hydrogen-bond acceptors (Lipinski definition) is 2. The summed E-state index contributed by atoms with van der Waals surface area (Å²) >= 11 is 0. The van der Waals surface area contributed by atoms with Gasteiger partial charge < -0.3 is 9.84 Å². The lowest BCUT2D eigenvalue weighted by Crippen LogP contribution is -2.40. The van der Waals surface area contributed by atoms with E-state index < -0.39 is 5.60 Å². The predicted molar refractivity (Wildman–Crippen MR) is 64.3 cm³/mol. The molecule has 1 aromatic rings. The molecule has 0 amide bonds. The Hall–Kier alpha value is -0.930. The third-order valence-corrected chi connectivity index (χ3v) is 3.59. The molecular weight excluding hydrogens is 219 g/mol. The molecule has 0 heterocycles. The van der Waals surface area contributed by atoms with Gasteiger partial charge in [-0.15, -0.1) is 0 Å². The van der Waals surface area contributed by atoms with Crippen LogP contribution in [-0.4, -0.2) is 23.9 Å². The van der Waals surface area contributed by atoms with E-state index in [1.165, 1.54) is 6.07 Å². The van der Waals surface area contributed by atoms with Gasteiger partial charge in [0.2, 0.25) is 0 Å². The SMILES string of the molecule is COC1CCCC(O)(Cc2ccccc2F)C1. The maximum absolute atomic E-state index is 13.6. The van der Waals surface area contributed by atoms with E-state index in [0.717, 1.165) is 19.3 Å². The molecule has 2 rings (SSSR count). The summed E-state index contributed by atoms with van der Waals surface area (Å²) in [5.41, 5.74) is -0.229. The Balaban J connectivity index is 2.09. The molecule has 1 aliphatic carbocycles. The summed E-state index contributed by atoms with van der Waals surface area (Å²) in [5.74, 6) is -0.236. The first-order valence-electron chi connectivity index (χ1n) is 6.11. The van der Waals surface area contributed by atoms with Crippen LogP contribution in [-0.2, 0) is 11.2 Å². The van der Waals surface area contributed by atoms with Crippen molar-refractivity contribution in [3.8, 4) is 0 Å². The molecule has 0 aliphatic heterocycles. The number of ether oxygens (including phenoxy) is 1. The van der Waals surface area contributed by atoms with Crippen LogP contribution in [0, 0.1) is 5.82 Å². The molecule has 0 spiro atoms. The smallest absolute Gasteiger partial charge is 0.126 e. The minimum absolute atomic E-state index is 0.0977. The van der Waals surface area contributed by atoms with E-state index in [2.05, 4.69) is 0 Å². The van der Waals surface area contributed by atoms with Crippen LogP contribution in [0.3, 0.4) is 0 Å². The fraction of sp³-hybridized carbons (Fsp3) is 0.571. The highest BCUT2D eigenvalue weighted by atomic mass is 19.1. The lowest BCUT2D eigenvalue weighted by atomic mass is 9.79. The van der Waals surface area contributed by atoms with Gasteiger partial charge in [0.05, 0.1) is 11.7 Å². The molecule has 2 nitrogen and oxygen atoms in total. The molecule has 1 aromatic carbocycles. The van der Waals surface area contributed by atoms with E-state index in [-0.39, 0.29) is 11.9 Å². The Morgan fingerprint density at radius 3 is 2.94 bits per heavy atom. The average molecular weight is 238 g/mol. The van der Waals surface area contributed by atoms with Gasteiger partial charge in [-0.05, 0) is 30.9 Å². The van der Waals surface area contributed by atoms with Crippen molar-refractivity contribution in [3.05, 3.63) is 35.6 Å². The zero-order valence-corrected chi connectivity index (χ0v) is 10.2. The predicted octanol–water partition coefficient (Wildman–Crippen LogP) is 2.69. The second-order valence-corrected chi connectivity index (χ2v) is 4.95. The van der Waals surface area contributed by atoms with Gasteiger partial charge in [0, 0.05) is 20.0 Å². The molecule has 1 saturated carbocycles. The highest BCUT2D eigenvalue weighted by Gasteiger charge is 2.35. The summed E-state index contributed by atoms with van der Waals surface area (Å²) in [5, 5.41) is 10.5. The lowest BCUT2D eigenvalue weighted by molar-refractivity contribution is -0.0585. The van der Waals surface area contributed by atoms with Gasteiger partial charge in [0.15, 0.2) is 0 Å². The molecule has 17 heavy (non-hydrogen) atoms. The number of hydrogen-bond donors (Lipinski definition) is 1. The molecule has 1 N–H and O–H groups in total. The summed E-state index contributed by atoms with van der Waals surface area (Å²) in [6.07, 6.45) is 3.71. The van der Waals surface area contributed by atoms with Crippen molar-refractivity contribution >= 4 is 0 Å². The van der Waals surface area contributed by atoms with Gasteiger partial charge in [0.25, 0.3) is 0 Å². The van der Waals surface area contributed by atoms with Crippen molar-refractivity contribution in [1.82, 2.24) is 0 Å². The van der Waals surface area contributed by atoms with E-state index in [9.17, 15) is 9.50 Å². The van der Waals surface area contributed by atoms with E-state index >= 15 is 0 Å². The Morgan fingerprint density at radius 2 is 2.24 bits per heavy atom. The zero-order valence-electron chi connectivity index (χ0n) is 10.2. The van der Waals surface area contributed by atoms with Gasteiger partial charge in [-0.2, -0.15) is 0 Å². The van der Waals surface area contributed by atoms with Crippen molar-refractivity contribution < 1.29 is 14.2 Å². The molecule has 3 heteroatoms. The van der Waals surface area contributed by atoms with Crippen molar-refractivity contribution in [2.24, 2.45) is 0 Å². The quantitative estimate of drug-likeness (QED) is 0.877. The molecule has 1 fully saturated rings. The van der Waals surface area contributed by atoms with Crippen LogP contribution in [0.15, 0.2) is 24.3 Å². The molecule has 0 aromatic heterocycles. The summed E-state index contributed by atoms with van der Waals surface area (Å²) in [4.78, 5) is 0. The van der Waals surface area contributed by atoms with E-state index in [4.69, 9.17) is 4.74 Å². The zero-order chi connectivity index (χ0) is 12.3. The highest BCUT2D eigenvalue weighted by Crippen LogP contribution is 2.33. The number of methoxy groups -OCH3 is 1. The molecule has 94 valence electrons. The Kier molecular flexibility index (Phi) is 3.79. The monoisotopic (exact) mass is 238 g/mol. The van der Waals surface area contributed by atoms with Crippen molar-refractivity contribution in [3.63, 3.8) is 0 Å². The number of halogens is 1. The molecule has 2 unspecified atom stereocenters. The topological polar surface area (TPSA) is 29.5 Å². The standard InChI is InChI=1S/C14H19FO2/c1-17-12-6-4-8-14(16,10-12)9-11-5-2-3-7-13(11)15/h2-3,5,7,12,16H,4,6,8-10H2,1H3. The summed E-state index contributed by atoms with van der Waals surface area (Å²) < 4.78 is 18.9. The Labute approximate surface area is 101 Å². The van der Waals surface area contributed by atoms with E-state index in [0.29, 0.717) is 18.4 Å². The summed E-state index contributed by atoms with van der Waals surface area (Å²) in [7, 11) is 1.67. The van der Waals surface area contributed by atoms with Gasteiger partial charge in [-0.3, -0.25) is 0 Å². The first-order valence-corrected chi connectivity index (χ1v) is 6.11. The van der Waals surface area contributed by atoms with Gasteiger partial charge >= 0.3 is 0 Å². The van der Waals surface area contributed by atoms with E-state index in [1.807, 2.05) is 0 Å². The Bertz CT molecular complexity index is 380. The van der Waals surface area contributed by atoms with Crippen LogP contribution in [0.5, 0.6) is 0 Å². The van der Waals surface area contributed by atoms with Crippen LogP contribution in [0.25, 0.3) is 0 Å². The molecule has 2 atom stereocenters. The largest absolute Gasteiger partial charge is 0.389 e.